The summed E-state index contributed by atoms with van der Waals surface area (Å²) in [6, 6.07) is 7.92. The number of hydrogen-bond acceptors (Lipinski definition) is 7. The molecule has 24 heavy (non-hydrogen) atoms. The van der Waals surface area contributed by atoms with Crippen LogP contribution in [0.4, 0.5) is 0 Å². The third-order valence-electron chi connectivity index (χ3n) is 3.69. The Hall–Kier alpha value is -3.48. The third-order valence-corrected chi connectivity index (χ3v) is 3.69. The van der Waals surface area contributed by atoms with Crippen molar-refractivity contribution < 1.29 is 28.9 Å². The molecule has 1 aromatic heterocycles. The molecule has 1 aliphatic rings. The standard InChI is InChI=1S/C17H10O7/c18-8-1-3-12-10(5-8)11(19)6-14(24-12)15(20)9-2-4-13-16(21)17(9)23-7-22-13/h1-6,18,21H,7H2. The average Bonchev–Trinajstić information content (AvgIpc) is 2.55. The van der Waals surface area contributed by atoms with Gasteiger partial charge in [-0.05, 0) is 30.3 Å². The van der Waals surface area contributed by atoms with Gasteiger partial charge in [0.05, 0.1) is 10.9 Å². The second-order valence-electron chi connectivity index (χ2n) is 5.18. The van der Waals surface area contributed by atoms with E-state index in [4.69, 9.17) is 13.9 Å². The second-order valence-corrected chi connectivity index (χ2v) is 5.18. The SMILES string of the molecule is O=C(c1cc(=O)c2cc(O)ccc2o1)c1ccc2c(O)c1OCO2. The zero-order valence-electron chi connectivity index (χ0n) is 12.1. The molecule has 0 unspecified atom stereocenters. The van der Waals surface area contributed by atoms with Gasteiger partial charge in [-0.2, -0.15) is 0 Å². The third kappa shape index (κ3) is 2.06. The highest BCUT2D eigenvalue weighted by Gasteiger charge is 2.26. The van der Waals surface area contributed by atoms with E-state index in [2.05, 4.69) is 0 Å². The van der Waals surface area contributed by atoms with Crippen molar-refractivity contribution in [2.24, 2.45) is 0 Å². The van der Waals surface area contributed by atoms with Gasteiger partial charge in [-0.15, -0.1) is 0 Å². The summed E-state index contributed by atoms with van der Waals surface area (Å²) in [6.07, 6.45) is 0. The van der Waals surface area contributed by atoms with Crippen LogP contribution in [-0.4, -0.2) is 22.8 Å². The van der Waals surface area contributed by atoms with Crippen molar-refractivity contribution in [3.63, 3.8) is 0 Å². The van der Waals surface area contributed by atoms with E-state index in [1.807, 2.05) is 0 Å². The summed E-state index contributed by atoms with van der Waals surface area (Å²) >= 11 is 0. The monoisotopic (exact) mass is 326 g/mol. The van der Waals surface area contributed by atoms with Gasteiger partial charge in [0.25, 0.3) is 0 Å². The van der Waals surface area contributed by atoms with E-state index in [1.54, 1.807) is 0 Å². The molecule has 4 rings (SSSR count). The first-order valence-electron chi connectivity index (χ1n) is 6.98. The van der Waals surface area contributed by atoms with Crippen molar-refractivity contribution in [1.82, 2.24) is 0 Å². The summed E-state index contributed by atoms with van der Waals surface area (Å²) in [4.78, 5) is 24.8. The molecule has 0 aliphatic carbocycles. The smallest absolute Gasteiger partial charge is 0.232 e. The van der Waals surface area contributed by atoms with Crippen LogP contribution in [0.1, 0.15) is 16.1 Å². The topological polar surface area (TPSA) is 106 Å². The Balaban J connectivity index is 1.87. The molecule has 2 N–H and O–H groups in total. The molecule has 7 heteroatoms. The number of phenolic OH excluding ortho intramolecular Hbond substituents is 2. The quantitative estimate of drug-likeness (QED) is 0.695. The van der Waals surface area contributed by atoms with E-state index in [0.717, 1.165) is 6.07 Å². The predicted octanol–water partition coefficient (Wildman–Crippen LogP) is 2.16. The van der Waals surface area contributed by atoms with Crippen LogP contribution in [0.5, 0.6) is 23.0 Å². The number of rotatable bonds is 2. The maximum absolute atomic E-state index is 12.7. The molecule has 0 atom stereocenters. The normalized spacial score (nSPS) is 12.5. The summed E-state index contributed by atoms with van der Waals surface area (Å²) < 4.78 is 15.7. The molecule has 2 heterocycles. The summed E-state index contributed by atoms with van der Waals surface area (Å²) in [7, 11) is 0. The Labute approximate surface area is 134 Å². The predicted molar refractivity (Wildman–Crippen MR) is 81.8 cm³/mol. The Morgan fingerprint density at radius 1 is 1.04 bits per heavy atom. The Morgan fingerprint density at radius 3 is 2.71 bits per heavy atom. The van der Waals surface area contributed by atoms with Crippen LogP contribution < -0.4 is 14.9 Å². The number of phenols is 2. The van der Waals surface area contributed by atoms with Crippen molar-refractivity contribution in [3.05, 3.63) is 57.9 Å². The van der Waals surface area contributed by atoms with E-state index in [1.165, 1.54) is 30.3 Å². The molecule has 1 aliphatic heterocycles. The summed E-state index contributed by atoms with van der Waals surface area (Å²) in [5.41, 5.74) is -0.238. The number of ether oxygens (including phenoxy) is 2. The number of carbonyl (C=O) groups is 1. The van der Waals surface area contributed by atoms with Gasteiger partial charge < -0.3 is 24.1 Å². The summed E-state index contributed by atoms with van der Waals surface area (Å²) in [6.45, 7) is -0.128. The number of aromatic hydroxyl groups is 2. The zero-order valence-corrected chi connectivity index (χ0v) is 12.1. The van der Waals surface area contributed by atoms with Gasteiger partial charge >= 0.3 is 0 Å². The van der Waals surface area contributed by atoms with Gasteiger partial charge in [-0.1, -0.05) is 0 Å². The maximum Gasteiger partial charge on any atom is 0.232 e. The van der Waals surface area contributed by atoms with Gasteiger partial charge in [-0.25, -0.2) is 0 Å². The molecule has 120 valence electrons. The molecular formula is C17H10O7. The van der Waals surface area contributed by atoms with E-state index in [0.29, 0.717) is 0 Å². The average molecular weight is 326 g/mol. The van der Waals surface area contributed by atoms with E-state index in [-0.39, 0.29) is 52.1 Å². The highest BCUT2D eigenvalue weighted by molar-refractivity contribution is 6.10. The summed E-state index contributed by atoms with van der Waals surface area (Å²) in [5, 5.41) is 19.6. The van der Waals surface area contributed by atoms with Crippen molar-refractivity contribution in [3.8, 4) is 23.0 Å². The number of hydrogen-bond donors (Lipinski definition) is 2. The van der Waals surface area contributed by atoms with Crippen LogP contribution in [0.3, 0.4) is 0 Å². The number of ketones is 1. The lowest BCUT2D eigenvalue weighted by atomic mass is 10.1. The fourth-order valence-electron chi connectivity index (χ4n) is 2.54. The molecule has 0 radical (unpaired) electrons. The fraction of sp³-hybridized carbons (Fsp3) is 0.0588. The Morgan fingerprint density at radius 2 is 1.88 bits per heavy atom. The van der Waals surface area contributed by atoms with Crippen LogP contribution >= 0.6 is 0 Å². The number of carbonyl (C=O) groups excluding carboxylic acids is 1. The number of fused-ring (bicyclic) bond motifs is 3. The lowest BCUT2D eigenvalue weighted by Crippen LogP contribution is -2.15. The highest BCUT2D eigenvalue weighted by Crippen LogP contribution is 2.42. The van der Waals surface area contributed by atoms with Gasteiger partial charge in [0.15, 0.2) is 22.7 Å². The van der Waals surface area contributed by atoms with Gasteiger partial charge in [-0.3, -0.25) is 9.59 Å². The van der Waals surface area contributed by atoms with Crippen molar-refractivity contribution >= 4 is 16.8 Å². The maximum atomic E-state index is 12.7. The van der Waals surface area contributed by atoms with Crippen LogP contribution in [-0.2, 0) is 0 Å². The van der Waals surface area contributed by atoms with Gasteiger partial charge in [0.1, 0.15) is 11.3 Å². The van der Waals surface area contributed by atoms with Crippen molar-refractivity contribution in [2.75, 3.05) is 6.79 Å². The highest BCUT2D eigenvalue weighted by atomic mass is 16.7. The van der Waals surface area contributed by atoms with Crippen LogP contribution in [0, 0.1) is 0 Å². The lowest BCUT2D eigenvalue weighted by molar-refractivity contribution is 0.0882. The molecule has 7 nitrogen and oxygen atoms in total. The molecule has 0 saturated carbocycles. The Bertz CT molecular complexity index is 1050. The molecular weight excluding hydrogens is 316 g/mol. The first-order chi connectivity index (χ1) is 11.5. The molecule has 0 fully saturated rings. The first kappa shape index (κ1) is 14.1. The minimum atomic E-state index is -0.610. The van der Waals surface area contributed by atoms with Crippen molar-refractivity contribution in [1.29, 1.82) is 0 Å². The van der Waals surface area contributed by atoms with Gasteiger partial charge in [0, 0.05) is 6.07 Å². The summed E-state index contributed by atoms with van der Waals surface area (Å²) in [5.74, 6) is -0.967. The Kier molecular flexibility index (Phi) is 2.96. The van der Waals surface area contributed by atoms with Gasteiger partial charge in [0.2, 0.25) is 18.3 Å². The van der Waals surface area contributed by atoms with E-state index in [9.17, 15) is 19.8 Å². The van der Waals surface area contributed by atoms with Crippen LogP contribution in [0.25, 0.3) is 11.0 Å². The molecule has 2 bridgehead atoms. The molecule has 3 aromatic rings. The lowest BCUT2D eigenvalue weighted by Gasteiger charge is -2.20. The fourth-order valence-corrected chi connectivity index (χ4v) is 2.54. The molecule has 0 spiro atoms. The minimum Gasteiger partial charge on any atom is -0.508 e. The molecule has 2 aromatic carbocycles. The molecule has 0 saturated heterocycles. The molecule has 0 amide bonds. The van der Waals surface area contributed by atoms with E-state index >= 15 is 0 Å². The first-order valence-corrected chi connectivity index (χ1v) is 6.98. The second kappa shape index (κ2) is 5.02. The van der Waals surface area contributed by atoms with Crippen LogP contribution in [0.2, 0.25) is 0 Å². The zero-order chi connectivity index (χ0) is 16.8. The number of benzene rings is 2. The van der Waals surface area contributed by atoms with Crippen LogP contribution in [0.15, 0.2) is 45.6 Å². The largest absolute Gasteiger partial charge is 0.508 e. The minimum absolute atomic E-state index is 0.0165. The van der Waals surface area contributed by atoms with Crippen molar-refractivity contribution in [2.45, 2.75) is 0 Å². The van der Waals surface area contributed by atoms with E-state index < -0.39 is 11.2 Å².